The Labute approximate surface area is 146 Å². The molecule has 0 heterocycles. The predicted octanol–water partition coefficient (Wildman–Crippen LogP) is -8.28. The van der Waals surface area contributed by atoms with Crippen molar-refractivity contribution in [1.82, 2.24) is 0 Å². The van der Waals surface area contributed by atoms with E-state index >= 15 is 0 Å². The molecule has 0 fully saturated rings. The monoisotopic (exact) mass is 284 g/mol. The maximum atomic E-state index is 10.4. The van der Waals surface area contributed by atoms with Gasteiger partial charge in [0.25, 0.3) is 0 Å². The van der Waals surface area contributed by atoms with E-state index in [1.165, 1.54) is 0 Å². The van der Waals surface area contributed by atoms with E-state index in [-0.39, 0.29) is 70.6 Å². The average Bonchev–Trinajstić information content (AvgIpc) is 2.16. The molecule has 6 nitrogen and oxygen atoms in total. The van der Waals surface area contributed by atoms with E-state index in [1.54, 1.807) is 13.8 Å². The summed E-state index contributed by atoms with van der Waals surface area (Å²) < 4.78 is 20.7. The minimum atomic E-state index is -2.66. The van der Waals surface area contributed by atoms with Gasteiger partial charge in [-0.1, -0.05) is 13.8 Å². The average molecular weight is 284 g/mol. The van der Waals surface area contributed by atoms with E-state index in [0.717, 1.165) is 0 Å². The smallest absolute Gasteiger partial charge is 0.550 e. The zero-order chi connectivity index (χ0) is 12.5. The van der Waals surface area contributed by atoms with Gasteiger partial charge in [-0.2, -0.15) is 0 Å². The summed E-state index contributed by atoms with van der Waals surface area (Å²) in [4.78, 5) is 19.0. The van der Waals surface area contributed by atoms with Crippen LogP contribution in [0.2, 0.25) is 0 Å². The van der Waals surface area contributed by atoms with Gasteiger partial charge in [-0.25, -0.2) is 8.42 Å². The molecule has 0 spiro atoms. The number of hydrogen-bond acceptors (Lipinski definition) is 6. The number of aliphatic carboxylic acids is 2. The van der Waals surface area contributed by atoms with E-state index in [4.69, 9.17) is 0 Å². The van der Waals surface area contributed by atoms with E-state index in [1.807, 2.05) is 0 Å². The number of hydrogen-bond donors (Lipinski definition) is 0. The zero-order valence-corrected chi connectivity index (χ0v) is 15.5. The van der Waals surface area contributed by atoms with Crippen molar-refractivity contribution in [3.8, 4) is 0 Å². The molecule has 17 heavy (non-hydrogen) atoms. The van der Waals surface area contributed by atoms with Crippen molar-refractivity contribution in [3.63, 3.8) is 0 Å². The second-order valence-corrected chi connectivity index (χ2v) is 5.21. The number of carbonyl (C=O) groups excluding carboxylic acids is 2. The summed E-state index contributed by atoms with van der Waals surface area (Å²) >= 11 is 0. The first-order chi connectivity index (χ1) is 6.75. The van der Waals surface area contributed by atoms with Crippen LogP contribution in [0.4, 0.5) is 0 Å². The Hall–Kier alpha value is 0.890. The Kier molecular flexibility index (Phi) is 23.3. The standard InChI is InChI=1S/C4H6O4.C4H10O2S.2Na/c5-3(6)1-2-4(7)8;1-3-7(5,6)4-2;;/h1-2H2,(H,5,6)(H,7,8);3-4H2,1-2H3;;/q;;2*+1/p-2. The fraction of sp³-hybridized carbons (Fsp3) is 0.750. The van der Waals surface area contributed by atoms with Gasteiger partial charge in [0.15, 0.2) is 0 Å². The third-order valence-electron chi connectivity index (χ3n) is 1.41. The summed E-state index contributed by atoms with van der Waals surface area (Å²) in [6.07, 6.45) is -0.940. The summed E-state index contributed by atoms with van der Waals surface area (Å²) in [5, 5.41) is 19.0. The van der Waals surface area contributed by atoms with Gasteiger partial charge in [0.05, 0.1) is 0 Å². The van der Waals surface area contributed by atoms with Crippen LogP contribution in [-0.4, -0.2) is 31.9 Å². The van der Waals surface area contributed by atoms with Gasteiger partial charge in [0.1, 0.15) is 9.84 Å². The summed E-state index contributed by atoms with van der Waals surface area (Å²) in [6.45, 7) is 3.30. The van der Waals surface area contributed by atoms with Gasteiger partial charge in [-0.3, -0.25) is 0 Å². The Morgan fingerprint density at radius 1 is 0.882 bits per heavy atom. The predicted molar refractivity (Wildman–Crippen MR) is 49.2 cm³/mol. The topological polar surface area (TPSA) is 114 Å². The fourth-order valence-corrected chi connectivity index (χ4v) is 0.816. The molecule has 0 aromatic heterocycles. The Balaban J connectivity index is -0.0000000896. The van der Waals surface area contributed by atoms with Crippen LogP contribution in [-0.2, 0) is 19.4 Å². The van der Waals surface area contributed by atoms with Gasteiger partial charge < -0.3 is 19.8 Å². The molecule has 0 radical (unpaired) electrons. The molecule has 0 unspecified atom stereocenters. The quantitative estimate of drug-likeness (QED) is 0.463. The van der Waals surface area contributed by atoms with E-state index in [0.29, 0.717) is 0 Å². The first-order valence-electron chi connectivity index (χ1n) is 4.35. The van der Waals surface area contributed by atoms with Gasteiger partial charge >= 0.3 is 59.1 Å². The van der Waals surface area contributed by atoms with E-state index in [9.17, 15) is 28.2 Å². The molecule has 0 aliphatic rings. The van der Waals surface area contributed by atoms with Crippen LogP contribution < -0.4 is 69.3 Å². The number of carboxylic acid groups (broad SMARTS) is 2. The van der Waals surface area contributed by atoms with Crippen LogP contribution >= 0.6 is 0 Å². The maximum Gasteiger partial charge on any atom is 1.00 e. The fourth-order valence-electron chi connectivity index (χ4n) is 0.408. The van der Waals surface area contributed by atoms with Crippen LogP contribution in [0, 0.1) is 0 Å². The summed E-state index contributed by atoms with van der Waals surface area (Å²) in [6, 6.07) is 0. The Morgan fingerprint density at radius 3 is 1.18 bits per heavy atom. The Morgan fingerprint density at radius 2 is 1.12 bits per heavy atom. The molecular weight excluding hydrogens is 270 g/mol. The first kappa shape index (κ1) is 26.5. The van der Waals surface area contributed by atoms with Crippen molar-refractivity contribution in [1.29, 1.82) is 0 Å². The summed E-state index contributed by atoms with van der Waals surface area (Å²) in [5.74, 6) is -2.20. The van der Waals surface area contributed by atoms with Crippen molar-refractivity contribution in [2.45, 2.75) is 26.7 Å². The molecule has 0 aromatic carbocycles. The van der Waals surface area contributed by atoms with Crippen LogP contribution in [0.1, 0.15) is 26.7 Å². The zero-order valence-electron chi connectivity index (χ0n) is 10.7. The van der Waals surface area contributed by atoms with Crippen LogP contribution in [0.25, 0.3) is 0 Å². The molecule has 0 amide bonds. The molecule has 0 aliphatic heterocycles. The maximum absolute atomic E-state index is 10.4. The molecule has 0 atom stereocenters. The molecule has 0 aliphatic carbocycles. The van der Waals surface area contributed by atoms with Crippen molar-refractivity contribution in [2.75, 3.05) is 11.5 Å². The second kappa shape index (κ2) is 14.9. The molecule has 90 valence electrons. The van der Waals surface area contributed by atoms with Gasteiger partial charge in [-0.05, 0) is 12.8 Å². The molecule has 9 heteroatoms. The summed E-state index contributed by atoms with van der Waals surface area (Å²) in [7, 11) is -2.66. The van der Waals surface area contributed by atoms with Crippen molar-refractivity contribution in [3.05, 3.63) is 0 Å². The molecule has 0 rings (SSSR count). The summed E-state index contributed by atoms with van der Waals surface area (Å²) in [5.41, 5.74) is 0. The van der Waals surface area contributed by atoms with Gasteiger partial charge in [0, 0.05) is 23.4 Å². The SMILES string of the molecule is CCS(=O)(=O)CC.O=C([O-])CCC(=O)[O-].[Na+].[Na+]. The number of sulfone groups is 1. The van der Waals surface area contributed by atoms with Crippen molar-refractivity contribution in [2.24, 2.45) is 0 Å². The van der Waals surface area contributed by atoms with E-state index in [2.05, 4.69) is 0 Å². The van der Waals surface area contributed by atoms with Gasteiger partial charge in [-0.15, -0.1) is 0 Å². The molecule has 0 aromatic rings. The Bertz CT molecular complexity index is 277. The minimum Gasteiger partial charge on any atom is -0.550 e. The van der Waals surface area contributed by atoms with Crippen LogP contribution in [0.15, 0.2) is 0 Å². The number of rotatable bonds is 5. The van der Waals surface area contributed by atoms with E-state index < -0.39 is 34.6 Å². The number of carbonyl (C=O) groups is 2. The van der Waals surface area contributed by atoms with Crippen LogP contribution in [0.5, 0.6) is 0 Å². The number of carboxylic acids is 2. The second-order valence-electron chi connectivity index (χ2n) is 2.56. The normalized spacial score (nSPS) is 8.82. The van der Waals surface area contributed by atoms with Gasteiger partial charge in [0.2, 0.25) is 0 Å². The third kappa shape index (κ3) is 26.5. The third-order valence-corrected chi connectivity index (χ3v) is 3.17. The van der Waals surface area contributed by atoms with Crippen LogP contribution in [0.3, 0.4) is 0 Å². The molecular formula is C8H14Na2O6S. The first-order valence-corrected chi connectivity index (χ1v) is 6.17. The molecule has 0 bridgehead atoms. The minimum absolute atomic E-state index is 0. The molecule has 0 saturated heterocycles. The molecule has 0 saturated carbocycles. The van der Waals surface area contributed by atoms with Crippen molar-refractivity contribution < 1.29 is 87.3 Å². The largest absolute Gasteiger partial charge is 1.00 e. The van der Waals surface area contributed by atoms with Crippen molar-refractivity contribution >= 4 is 21.8 Å². The molecule has 0 N–H and O–H groups in total.